The maximum absolute atomic E-state index is 5.69. The van der Waals surface area contributed by atoms with E-state index in [1.54, 1.807) is 0 Å². The van der Waals surface area contributed by atoms with Gasteiger partial charge in [-0.1, -0.05) is 19.3 Å². The van der Waals surface area contributed by atoms with Crippen LogP contribution in [0.15, 0.2) is 12.4 Å². The van der Waals surface area contributed by atoms with E-state index in [9.17, 15) is 0 Å². The molecule has 0 aromatic carbocycles. The standard InChI is InChI=1S/C17H27N3O2/c1-20(12-16-13-21-7-8-22-16)11-14-9-18-17(19-10-14)15-5-3-2-4-6-15/h9-10,15-16H,2-8,11-13H2,1H3/t16-/m1/s1. The third kappa shape index (κ3) is 4.48. The molecule has 2 aliphatic rings. The number of nitrogens with zero attached hydrogens (tertiary/aromatic N) is 3. The van der Waals surface area contributed by atoms with E-state index in [-0.39, 0.29) is 6.10 Å². The molecule has 1 aliphatic heterocycles. The molecule has 1 saturated carbocycles. The maximum Gasteiger partial charge on any atom is 0.131 e. The van der Waals surface area contributed by atoms with Crippen LogP contribution >= 0.6 is 0 Å². The van der Waals surface area contributed by atoms with E-state index in [1.165, 1.54) is 37.7 Å². The molecular formula is C17H27N3O2. The molecule has 0 N–H and O–H groups in total. The Bertz CT molecular complexity index is 440. The normalized spacial score (nSPS) is 23.8. The van der Waals surface area contributed by atoms with Crippen LogP contribution in [0.5, 0.6) is 0 Å². The second-order valence-electron chi connectivity index (χ2n) is 6.55. The number of rotatable bonds is 5. The summed E-state index contributed by atoms with van der Waals surface area (Å²) in [6, 6.07) is 0. The van der Waals surface area contributed by atoms with Gasteiger partial charge in [0, 0.05) is 37.0 Å². The van der Waals surface area contributed by atoms with Gasteiger partial charge in [-0.25, -0.2) is 9.97 Å². The van der Waals surface area contributed by atoms with Crippen molar-refractivity contribution in [2.75, 3.05) is 33.4 Å². The third-order valence-electron chi connectivity index (χ3n) is 4.55. The molecule has 2 fully saturated rings. The molecule has 5 heteroatoms. The summed E-state index contributed by atoms with van der Waals surface area (Å²) in [5, 5.41) is 0. The van der Waals surface area contributed by atoms with E-state index in [1.807, 2.05) is 12.4 Å². The number of ether oxygens (including phenoxy) is 2. The highest BCUT2D eigenvalue weighted by atomic mass is 16.6. The van der Waals surface area contributed by atoms with Gasteiger partial charge in [-0.15, -0.1) is 0 Å². The van der Waals surface area contributed by atoms with E-state index in [0.29, 0.717) is 19.1 Å². The highest BCUT2D eigenvalue weighted by Gasteiger charge is 2.19. The van der Waals surface area contributed by atoms with Crippen molar-refractivity contribution in [3.8, 4) is 0 Å². The molecule has 3 rings (SSSR count). The molecule has 5 nitrogen and oxygen atoms in total. The molecular weight excluding hydrogens is 278 g/mol. The lowest BCUT2D eigenvalue weighted by atomic mass is 9.89. The first-order valence-corrected chi connectivity index (χ1v) is 8.50. The molecule has 122 valence electrons. The molecule has 0 unspecified atom stereocenters. The maximum atomic E-state index is 5.69. The Morgan fingerprint density at radius 1 is 1.14 bits per heavy atom. The van der Waals surface area contributed by atoms with E-state index >= 15 is 0 Å². The average molecular weight is 305 g/mol. The Kier molecular flexibility index (Phi) is 5.76. The number of likely N-dealkylation sites (N-methyl/N-ethyl adjacent to an activating group) is 1. The molecule has 1 aliphatic carbocycles. The SMILES string of the molecule is CN(Cc1cnc(C2CCCCC2)nc1)C[C@@H]1COCCO1. The second-order valence-corrected chi connectivity index (χ2v) is 6.55. The predicted octanol–water partition coefficient (Wildman–Crippen LogP) is 2.37. The predicted molar refractivity (Wildman–Crippen MR) is 84.8 cm³/mol. The number of hydrogen-bond donors (Lipinski definition) is 0. The van der Waals surface area contributed by atoms with Gasteiger partial charge in [-0.2, -0.15) is 0 Å². The molecule has 1 atom stereocenters. The van der Waals surface area contributed by atoms with Crippen molar-refractivity contribution in [3.63, 3.8) is 0 Å². The van der Waals surface area contributed by atoms with Crippen molar-refractivity contribution in [2.24, 2.45) is 0 Å². The quantitative estimate of drug-likeness (QED) is 0.836. The van der Waals surface area contributed by atoms with Gasteiger partial charge < -0.3 is 9.47 Å². The van der Waals surface area contributed by atoms with Gasteiger partial charge in [0.05, 0.1) is 25.9 Å². The van der Waals surface area contributed by atoms with E-state index < -0.39 is 0 Å². The molecule has 0 spiro atoms. The number of hydrogen-bond acceptors (Lipinski definition) is 5. The smallest absolute Gasteiger partial charge is 0.131 e. The third-order valence-corrected chi connectivity index (χ3v) is 4.55. The summed E-state index contributed by atoms with van der Waals surface area (Å²) in [6.07, 6.45) is 10.7. The molecule has 22 heavy (non-hydrogen) atoms. The van der Waals surface area contributed by atoms with E-state index in [4.69, 9.17) is 9.47 Å². The second kappa shape index (κ2) is 7.99. The van der Waals surface area contributed by atoms with Crippen LogP contribution in [0.2, 0.25) is 0 Å². The zero-order valence-corrected chi connectivity index (χ0v) is 13.5. The van der Waals surface area contributed by atoms with Gasteiger partial charge in [0.25, 0.3) is 0 Å². The monoisotopic (exact) mass is 305 g/mol. The molecule has 0 amide bonds. The molecule has 0 bridgehead atoms. The van der Waals surface area contributed by atoms with Gasteiger partial charge >= 0.3 is 0 Å². The Morgan fingerprint density at radius 2 is 1.91 bits per heavy atom. The van der Waals surface area contributed by atoms with Gasteiger partial charge in [0.2, 0.25) is 0 Å². The van der Waals surface area contributed by atoms with Crippen molar-refractivity contribution in [1.29, 1.82) is 0 Å². The Morgan fingerprint density at radius 3 is 2.59 bits per heavy atom. The molecule has 1 saturated heterocycles. The van der Waals surface area contributed by atoms with Crippen LogP contribution in [0.1, 0.15) is 49.4 Å². The lowest BCUT2D eigenvalue weighted by Crippen LogP contribution is -2.38. The summed E-state index contributed by atoms with van der Waals surface area (Å²) >= 11 is 0. The zero-order valence-electron chi connectivity index (χ0n) is 13.5. The van der Waals surface area contributed by atoms with Gasteiger partial charge in [-0.05, 0) is 19.9 Å². The van der Waals surface area contributed by atoms with Crippen LogP contribution in [0.3, 0.4) is 0 Å². The van der Waals surface area contributed by atoms with Crippen molar-refractivity contribution in [1.82, 2.24) is 14.9 Å². The first kappa shape index (κ1) is 15.8. The molecule has 1 aromatic rings. The highest BCUT2D eigenvalue weighted by molar-refractivity contribution is 5.08. The Balaban J connectivity index is 1.49. The summed E-state index contributed by atoms with van der Waals surface area (Å²) < 4.78 is 11.1. The minimum absolute atomic E-state index is 0.182. The van der Waals surface area contributed by atoms with Gasteiger partial charge in [0.15, 0.2) is 0 Å². The summed E-state index contributed by atoms with van der Waals surface area (Å²) in [6.45, 7) is 3.85. The first-order chi connectivity index (χ1) is 10.8. The lowest BCUT2D eigenvalue weighted by molar-refractivity contribution is -0.0963. The summed E-state index contributed by atoms with van der Waals surface area (Å²) in [7, 11) is 2.10. The molecule has 1 aromatic heterocycles. The van der Waals surface area contributed by atoms with Crippen molar-refractivity contribution in [3.05, 3.63) is 23.8 Å². The Hall–Kier alpha value is -1.04. The van der Waals surface area contributed by atoms with E-state index in [2.05, 4.69) is 21.9 Å². The Labute approximate surface area is 133 Å². The highest BCUT2D eigenvalue weighted by Crippen LogP contribution is 2.30. The van der Waals surface area contributed by atoms with Crippen LogP contribution in [0.4, 0.5) is 0 Å². The van der Waals surface area contributed by atoms with Crippen molar-refractivity contribution >= 4 is 0 Å². The van der Waals surface area contributed by atoms with Crippen LogP contribution in [-0.4, -0.2) is 54.4 Å². The molecule has 2 heterocycles. The average Bonchev–Trinajstić information content (AvgIpc) is 2.57. The molecule has 0 radical (unpaired) electrons. The van der Waals surface area contributed by atoms with Crippen LogP contribution in [0, 0.1) is 0 Å². The van der Waals surface area contributed by atoms with Crippen LogP contribution in [0.25, 0.3) is 0 Å². The topological polar surface area (TPSA) is 47.5 Å². The number of aromatic nitrogens is 2. The van der Waals surface area contributed by atoms with Crippen molar-refractivity contribution < 1.29 is 9.47 Å². The fraction of sp³-hybridized carbons (Fsp3) is 0.765. The fourth-order valence-electron chi connectivity index (χ4n) is 3.38. The summed E-state index contributed by atoms with van der Waals surface area (Å²) in [4.78, 5) is 11.5. The summed E-state index contributed by atoms with van der Waals surface area (Å²) in [5.41, 5.74) is 1.17. The minimum Gasteiger partial charge on any atom is -0.376 e. The van der Waals surface area contributed by atoms with E-state index in [0.717, 1.165) is 25.5 Å². The van der Waals surface area contributed by atoms with Crippen LogP contribution < -0.4 is 0 Å². The fourth-order valence-corrected chi connectivity index (χ4v) is 3.38. The largest absolute Gasteiger partial charge is 0.376 e. The van der Waals surface area contributed by atoms with Gasteiger partial charge in [0.1, 0.15) is 5.82 Å². The van der Waals surface area contributed by atoms with Gasteiger partial charge in [-0.3, -0.25) is 4.90 Å². The minimum atomic E-state index is 0.182. The lowest BCUT2D eigenvalue weighted by Gasteiger charge is -2.27. The van der Waals surface area contributed by atoms with Crippen LogP contribution in [-0.2, 0) is 16.0 Å². The zero-order chi connectivity index (χ0) is 15.2. The first-order valence-electron chi connectivity index (χ1n) is 8.50. The summed E-state index contributed by atoms with van der Waals surface area (Å²) in [5.74, 6) is 1.61. The van der Waals surface area contributed by atoms with Crippen molar-refractivity contribution in [2.45, 2.75) is 50.7 Å².